The smallest absolute Gasteiger partial charge is 0.224 e. The van der Waals surface area contributed by atoms with E-state index in [-0.39, 0.29) is 0 Å². The molecule has 1 saturated carbocycles. The predicted molar refractivity (Wildman–Crippen MR) is 83.9 cm³/mol. The van der Waals surface area contributed by atoms with E-state index in [1.165, 1.54) is 32.1 Å². The van der Waals surface area contributed by atoms with Crippen LogP contribution in [-0.4, -0.2) is 19.3 Å². The fraction of sp³-hybridized carbons (Fsp3) is 0.545. The number of fused-ring (bicyclic) bond motifs is 1. The number of imidazole rings is 1. The van der Waals surface area contributed by atoms with E-state index in [1.807, 2.05) is 10.7 Å². The maximum Gasteiger partial charge on any atom is 0.224 e. The molecule has 3 rings (SSSR count). The molecule has 4 nitrogen and oxygen atoms in total. The van der Waals surface area contributed by atoms with Gasteiger partial charge in [0.2, 0.25) is 5.28 Å². The minimum absolute atomic E-state index is 0.347. The van der Waals surface area contributed by atoms with Crippen molar-refractivity contribution in [2.24, 2.45) is 0 Å². The van der Waals surface area contributed by atoms with Crippen LogP contribution in [0.2, 0.25) is 5.28 Å². The Morgan fingerprint density at radius 3 is 2.78 bits per heavy atom. The van der Waals surface area contributed by atoms with E-state index >= 15 is 0 Å². The van der Waals surface area contributed by atoms with Gasteiger partial charge < -0.3 is 0 Å². The molecule has 18 heavy (non-hydrogen) atoms. The molecule has 0 spiro atoms. The maximum atomic E-state index is 6.07. The van der Waals surface area contributed by atoms with Gasteiger partial charge in [0.1, 0.15) is 11.8 Å². The zero-order chi connectivity index (χ0) is 12.5. The van der Waals surface area contributed by atoms with Crippen LogP contribution in [0, 0.1) is 0 Å². The van der Waals surface area contributed by atoms with E-state index in [9.17, 15) is 0 Å². The summed E-state index contributed by atoms with van der Waals surface area (Å²) in [6.45, 7) is 0. The minimum atomic E-state index is 0.347. The van der Waals surface area contributed by atoms with Gasteiger partial charge in [-0.1, -0.05) is 19.3 Å². The summed E-state index contributed by atoms with van der Waals surface area (Å²) in [6, 6.07) is 0. The van der Waals surface area contributed by atoms with E-state index < -0.39 is 0 Å². The summed E-state index contributed by atoms with van der Waals surface area (Å²) >= 11 is 8.39. The lowest BCUT2D eigenvalue weighted by Gasteiger charge is -2.21. The standard InChI is InChI=1S/C11H13ClIN4P/c12-11-15-8(7-4-2-1-3-5-7)9-10(16-11)17(18-13)6-14-9/h6-7,18H,1-5H2. The Kier molecular flexibility index (Phi) is 4.01. The van der Waals surface area contributed by atoms with Crippen LogP contribution in [0.25, 0.3) is 11.2 Å². The maximum absolute atomic E-state index is 6.07. The van der Waals surface area contributed by atoms with Gasteiger partial charge in [-0.2, -0.15) is 4.98 Å². The van der Waals surface area contributed by atoms with Crippen LogP contribution >= 0.6 is 40.0 Å². The lowest BCUT2D eigenvalue weighted by molar-refractivity contribution is 0.438. The van der Waals surface area contributed by atoms with Crippen LogP contribution in [-0.2, 0) is 0 Å². The number of hydrogen-bond donors (Lipinski definition) is 0. The van der Waals surface area contributed by atoms with Crippen molar-refractivity contribution >= 4 is 51.2 Å². The van der Waals surface area contributed by atoms with E-state index in [4.69, 9.17) is 11.6 Å². The van der Waals surface area contributed by atoms with Crippen LogP contribution in [0.15, 0.2) is 6.33 Å². The first-order valence-electron chi connectivity index (χ1n) is 6.06. The molecule has 0 N–H and O–H groups in total. The van der Waals surface area contributed by atoms with Gasteiger partial charge in [0, 0.05) is 5.92 Å². The van der Waals surface area contributed by atoms with Crippen LogP contribution in [0.1, 0.15) is 43.7 Å². The third-order valence-electron chi connectivity index (χ3n) is 3.48. The van der Waals surface area contributed by atoms with Gasteiger partial charge >= 0.3 is 0 Å². The van der Waals surface area contributed by atoms with Gasteiger partial charge in [0.15, 0.2) is 5.65 Å². The Balaban J connectivity index is 2.12. The molecule has 0 amide bonds. The molecule has 0 bridgehead atoms. The third-order valence-corrected chi connectivity index (χ3v) is 5.72. The average molecular weight is 395 g/mol. The van der Waals surface area contributed by atoms with E-state index in [1.54, 1.807) is 0 Å². The first-order chi connectivity index (χ1) is 8.79. The molecule has 1 aliphatic carbocycles. The molecule has 0 saturated heterocycles. The normalized spacial score (nSPS) is 18.1. The Morgan fingerprint density at radius 1 is 1.28 bits per heavy atom. The van der Waals surface area contributed by atoms with E-state index in [0.29, 0.717) is 17.6 Å². The molecule has 2 aromatic heterocycles. The van der Waals surface area contributed by atoms with Crippen molar-refractivity contribution in [3.05, 3.63) is 17.3 Å². The van der Waals surface area contributed by atoms with Crippen molar-refractivity contribution in [2.45, 2.75) is 38.0 Å². The first kappa shape index (κ1) is 13.0. The van der Waals surface area contributed by atoms with E-state index in [0.717, 1.165) is 16.9 Å². The number of aromatic nitrogens is 4. The highest BCUT2D eigenvalue weighted by molar-refractivity contribution is 14.2. The Bertz CT molecular complexity index is 567. The molecule has 1 atom stereocenters. The van der Waals surface area contributed by atoms with Crippen molar-refractivity contribution < 1.29 is 0 Å². The number of rotatable bonds is 2. The van der Waals surface area contributed by atoms with Crippen molar-refractivity contribution in [3.63, 3.8) is 0 Å². The molecule has 1 fully saturated rings. The van der Waals surface area contributed by atoms with Crippen LogP contribution in [0.4, 0.5) is 0 Å². The number of nitrogens with zero attached hydrogens (tertiary/aromatic N) is 4. The first-order valence-corrected chi connectivity index (χ1v) is 10.5. The highest BCUT2D eigenvalue weighted by Crippen LogP contribution is 2.36. The van der Waals surface area contributed by atoms with Crippen LogP contribution in [0.3, 0.4) is 0 Å². The van der Waals surface area contributed by atoms with Gasteiger partial charge in [-0.05, 0) is 46.5 Å². The summed E-state index contributed by atoms with van der Waals surface area (Å²) in [6.07, 6.45) is 8.71. The van der Waals surface area contributed by atoms with Crippen LogP contribution in [0.5, 0.6) is 0 Å². The molecule has 1 unspecified atom stereocenters. The molecule has 0 radical (unpaired) electrons. The molecule has 0 aromatic carbocycles. The van der Waals surface area contributed by atoms with Crippen LogP contribution < -0.4 is 0 Å². The molecule has 1 aliphatic rings. The Hall–Kier alpha value is -0.000000000000000111. The zero-order valence-electron chi connectivity index (χ0n) is 9.74. The summed E-state index contributed by atoms with van der Waals surface area (Å²) in [5.74, 6) is 0.502. The summed E-state index contributed by atoms with van der Waals surface area (Å²) < 4.78 is 2.04. The second kappa shape index (κ2) is 5.55. The van der Waals surface area contributed by atoms with Gasteiger partial charge in [0.25, 0.3) is 0 Å². The van der Waals surface area contributed by atoms with Gasteiger partial charge in [-0.3, -0.25) is 4.34 Å². The topological polar surface area (TPSA) is 43.6 Å². The lowest BCUT2D eigenvalue weighted by atomic mass is 9.86. The number of hydrogen-bond acceptors (Lipinski definition) is 3. The highest BCUT2D eigenvalue weighted by Gasteiger charge is 2.22. The zero-order valence-corrected chi connectivity index (χ0v) is 13.6. The molecule has 2 aromatic rings. The Morgan fingerprint density at radius 2 is 2.06 bits per heavy atom. The van der Waals surface area contributed by atoms with Gasteiger partial charge in [0.05, 0.1) is 12.1 Å². The summed E-state index contributed by atoms with van der Waals surface area (Å²) in [4.78, 5) is 13.3. The highest BCUT2D eigenvalue weighted by atomic mass is 127. The SMILES string of the molecule is Clc1nc(C2CCCCC2)c2ncn(PI)c2n1. The summed E-state index contributed by atoms with van der Waals surface area (Å²) in [5, 5.41) is 0.347. The lowest BCUT2D eigenvalue weighted by Crippen LogP contribution is -2.08. The Labute approximate surface area is 125 Å². The van der Waals surface area contributed by atoms with Crippen molar-refractivity contribution in [3.8, 4) is 0 Å². The molecule has 0 aliphatic heterocycles. The largest absolute Gasteiger partial charge is 0.287 e. The van der Waals surface area contributed by atoms with Gasteiger partial charge in [-0.15, -0.1) is 0 Å². The predicted octanol–water partition coefficient (Wildman–Crippen LogP) is 4.32. The fourth-order valence-corrected chi connectivity index (χ4v) is 4.18. The molecule has 7 heteroatoms. The second-order valence-corrected chi connectivity index (χ2v) is 7.02. The molecule has 2 heterocycles. The van der Waals surface area contributed by atoms with Crippen molar-refractivity contribution in [1.82, 2.24) is 19.3 Å². The third kappa shape index (κ3) is 2.37. The van der Waals surface area contributed by atoms with Crippen molar-refractivity contribution in [2.75, 3.05) is 0 Å². The minimum Gasteiger partial charge on any atom is -0.287 e. The monoisotopic (exact) mass is 394 g/mol. The summed E-state index contributed by atoms with van der Waals surface area (Å²) in [5.41, 5.74) is 2.87. The number of halogens is 2. The quantitative estimate of drug-likeness (QED) is 0.433. The molecular weight excluding hydrogens is 381 g/mol. The second-order valence-electron chi connectivity index (χ2n) is 4.58. The molecular formula is C11H13ClIN4P. The summed E-state index contributed by atoms with van der Waals surface area (Å²) in [7, 11) is 0. The average Bonchev–Trinajstić information content (AvgIpc) is 2.81. The fourth-order valence-electron chi connectivity index (χ4n) is 2.62. The van der Waals surface area contributed by atoms with Gasteiger partial charge in [-0.25, -0.2) is 9.97 Å². The molecule has 96 valence electrons. The van der Waals surface area contributed by atoms with Crippen molar-refractivity contribution in [1.29, 1.82) is 0 Å². The van der Waals surface area contributed by atoms with E-state index in [2.05, 4.69) is 37.0 Å².